The van der Waals surface area contributed by atoms with E-state index in [-0.39, 0.29) is 16.9 Å². The van der Waals surface area contributed by atoms with Gasteiger partial charge in [-0.3, -0.25) is 19.7 Å². The average molecular weight is 391 g/mol. The van der Waals surface area contributed by atoms with Gasteiger partial charge >= 0.3 is 0 Å². The molecule has 0 aliphatic rings. The second kappa shape index (κ2) is 8.66. The van der Waals surface area contributed by atoms with Crippen molar-refractivity contribution in [1.82, 2.24) is 5.32 Å². The molecule has 29 heavy (non-hydrogen) atoms. The van der Waals surface area contributed by atoms with E-state index in [1.165, 1.54) is 36.6 Å². The topological polar surface area (TPSA) is 114 Å². The Morgan fingerprint density at radius 2 is 1.72 bits per heavy atom. The third kappa shape index (κ3) is 5.16. The lowest BCUT2D eigenvalue weighted by atomic mass is 10.2. The van der Waals surface area contributed by atoms with Crippen LogP contribution in [0.2, 0.25) is 0 Å². The minimum Gasteiger partial charge on any atom is -0.465 e. The molecule has 0 radical (unpaired) electrons. The van der Waals surface area contributed by atoms with Crippen molar-refractivity contribution in [2.45, 2.75) is 6.92 Å². The Bertz CT molecular complexity index is 1050. The highest BCUT2D eigenvalue weighted by Crippen LogP contribution is 2.14. The number of anilines is 1. The number of hydrogen-bond acceptors (Lipinski definition) is 5. The summed E-state index contributed by atoms with van der Waals surface area (Å²) in [5, 5.41) is 16.0. The Hall–Kier alpha value is -4.20. The van der Waals surface area contributed by atoms with Gasteiger partial charge in [0.25, 0.3) is 17.5 Å². The SMILES string of the molecule is Cc1ccc(NC(=O)/C(=C/c2ccco2)NC(=O)c2ccc([N+](=O)[O-])cc2)cc1. The predicted octanol–water partition coefficient (Wildman–Crippen LogP) is 3.91. The molecule has 2 amide bonds. The molecular formula is C21H17N3O5. The number of furan rings is 1. The van der Waals surface area contributed by atoms with Crippen LogP contribution in [0.5, 0.6) is 0 Å². The van der Waals surface area contributed by atoms with Gasteiger partial charge in [0, 0.05) is 29.5 Å². The predicted molar refractivity (Wildman–Crippen MR) is 107 cm³/mol. The van der Waals surface area contributed by atoms with Crippen LogP contribution in [0, 0.1) is 17.0 Å². The van der Waals surface area contributed by atoms with Crippen molar-refractivity contribution in [3.8, 4) is 0 Å². The third-order valence-electron chi connectivity index (χ3n) is 3.97. The fourth-order valence-electron chi connectivity index (χ4n) is 2.44. The van der Waals surface area contributed by atoms with E-state index >= 15 is 0 Å². The van der Waals surface area contributed by atoms with Gasteiger partial charge < -0.3 is 15.1 Å². The van der Waals surface area contributed by atoms with Crippen molar-refractivity contribution in [2.24, 2.45) is 0 Å². The van der Waals surface area contributed by atoms with Gasteiger partial charge in [0.05, 0.1) is 11.2 Å². The van der Waals surface area contributed by atoms with Crippen molar-refractivity contribution in [3.63, 3.8) is 0 Å². The van der Waals surface area contributed by atoms with Crippen molar-refractivity contribution in [1.29, 1.82) is 0 Å². The molecular weight excluding hydrogens is 374 g/mol. The molecule has 146 valence electrons. The molecule has 0 saturated heterocycles. The van der Waals surface area contributed by atoms with Crippen molar-refractivity contribution >= 4 is 29.3 Å². The van der Waals surface area contributed by atoms with Crippen molar-refractivity contribution < 1.29 is 18.9 Å². The molecule has 3 aromatic rings. The van der Waals surface area contributed by atoms with Gasteiger partial charge in [-0.1, -0.05) is 17.7 Å². The number of amides is 2. The quantitative estimate of drug-likeness (QED) is 0.376. The summed E-state index contributed by atoms with van der Waals surface area (Å²) in [6.07, 6.45) is 2.84. The summed E-state index contributed by atoms with van der Waals surface area (Å²) in [4.78, 5) is 35.4. The molecule has 0 saturated carbocycles. The van der Waals surface area contributed by atoms with E-state index in [0.29, 0.717) is 11.4 Å². The molecule has 8 heteroatoms. The van der Waals surface area contributed by atoms with Gasteiger partial charge in [0.2, 0.25) is 0 Å². The summed E-state index contributed by atoms with van der Waals surface area (Å²) in [5.74, 6) is -0.750. The Labute approximate surface area is 166 Å². The summed E-state index contributed by atoms with van der Waals surface area (Å²) >= 11 is 0. The first-order valence-electron chi connectivity index (χ1n) is 8.61. The number of carbonyl (C=O) groups is 2. The summed E-state index contributed by atoms with van der Waals surface area (Å²) in [6, 6.07) is 15.5. The van der Waals surface area contributed by atoms with Gasteiger partial charge in [-0.15, -0.1) is 0 Å². The molecule has 0 unspecified atom stereocenters. The highest BCUT2D eigenvalue weighted by Gasteiger charge is 2.16. The number of carbonyl (C=O) groups excluding carboxylic acids is 2. The Morgan fingerprint density at radius 3 is 2.31 bits per heavy atom. The third-order valence-corrected chi connectivity index (χ3v) is 3.97. The zero-order valence-electron chi connectivity index (χ0n) is 15.4. The van der Waals surface area contributed by atoms with Crippen LogP contribution >= 0.6 is 0 Å². The van der Waals surface area contributed by atoms with Gasteiger partial charge in [-0.25, -0.2) is 0 Å². The maximum Gasteiger partial charge on any atom is 0.272 e. The smallest absolute Gasteiger partial charge is 0.272 e. The number of hydrogen-bond donors (Lipinski definition) is 2. The molecule has 0 aliphatic heterocycles. The normalized spacial score (nSPS) is 11.0. The van der Waals surface area contributed by atoms with E-state index in [1.807, 2.05) is 19.1 Å². The monoisotopic (exact) mass is 391 g/mol. The molecule has 0 aliphatic carbocycles. The first-order valence-corrected chi connectivity index (χ1v) is 8.61. The number of benzene rings is 2. The number of rotatable bonds is 6. The summed E-state index contributed by atoms with van der Waals surface area (Å²) in [5.41, 5.74) is 1.61. The van der Waals surface area contributed by atoms with Crippen molar-refractivity contribution in [2.75, 3.05) is 5.32 Å². The molecule has 0 bridgehead atoms. The van der Waals surface area contributed by atoms with E-state index in [0.717, 1.165) is 5.56 Å². The minimum atomic E-state index is -0.586. The first kappa shape index (κ1) is 19.6. The molecule has 3 rings (SSSR count). The maximum absolute atomic E-state index is 12.7. The molecule has 0 fully saturated rings. The molecule has 2 aromatic carbocycles. The van der Waals surface area contributed by atoms with Crippen LogP contribution in [0.25, 0.3) is 6.08 Å². The highest BCUT2D eigenvalue weighted by atomic mass is 16.6. The van der Waals surface area contributed by atoms with Gasteiger partial charge in [-0.2, -0.15) is 0 Å². The van der Waals surface area contributed by atoms with Gasteiger partial charge in [0.1, 0.15) is 11.5 Å². The van der Waals surface area contributed by atoms with E-state index in [2.05, 4.69) is 10.6 Å². The van der Waals surface area contributed by atoms with Crippen LogP contribution in [0.1, 0.15) is 21.7 Å². The molecule has 0 atom stereocenters. The number of nitro groups is 1. The first-order chi connectivity index (χ1) is 13.9. The number of nitrogens with zero attached hydrogens (tertiary/aromatic N) is 1. The standard InChI is InChI=1S/C21H17N3O5/c1-14-4-8-16(9-5-14)22-21(26)19(13-18-3-2-12-29-18)23-20(25)15-6-10-17(11-7-15)24(27)28/h2-13H,1H3,(H,22,26)(H,23,25)/b19-13-. The summed E-state index contributed by atoms with van der Waals surface area (Å²) < 4.78 is 5.23. The van der Waals surface area contributed by atoms with Crippen LogP contribution in [-0.4, -0.2) is 16.7 Å². The fourth-order valence-corrected chi connectivity index (χ4v) is 2.44. The van der Waals surface area contributed by atoms with E-state index in [1.54, 1.807) is 24.3 Å². The zero-order chi connectivity index (χ0) is 20.8. The largest absolute Gasteiger partial charge is 0.465 e. The molecule has 0 spiro atoms. The van der Waals surface area contributed by atoms with Crippen LogP contribution in [-0.2, 0) is 4.79 Å². The van der Waals surface area contributed by atoms with Crippen LogP contribution in [0.15, 0.2) is 77.0 Å². The van der Waals surface area contributed by atoms with E-state index in [9.17, 15) is 19.7 Å². The van der Waals surface area contributed by atoms with Crippen LogP contribution < -0.4 is 10.6 Å². The molecule has 1 aromatic heterocycles. The highest BCUT2D eigenvalue weighted by molar-refractivity contribution is 6.10. The zero-order valence-corrected chi connectivity index (χ0v) is 15.4. The Balaban J connectivity index is 1.81. The number of nitro benzene ring substituents is 1. The van der Waals surface area contributed by atoms with E-state index in [4.69, 9.17) is 4.42 Å². The number of nitrogens with one attached hydrogen (secondary N) is 2. The molecule has 2 N–H and O–H groups in total. The van der Waals surface area contributed by atoms with Crippen molar-refractivity contribution in [3.05, 3.63) is 99.6 Å². The minimum absolute atomic E-state index is 0.0381. The fraction of sp³-hybridized carbons (Fsp3) is 0.0476. The Kier molecular flexibility index (Phi) is 5.84. The second-order valence-electron chi connectivity index (χ2n) is 6.15. The molecule has 1 heterocycles. The van der Waals surface area contributed by atoms with Crippen LogP contribution in [0.3, 0.4) is 0 Å². The molecule has 8 nitrogen and oxygen atoms in total. The van der Waals surface area contributed by atoms with Gasteiger partial charge in [-0.05, 0) is 43.3 Å². The Morgan fingerprint density at radius 1 is 1.03 bits per heavy atom. The average Bonchev–Trinajstić information content (AvgIpc) is 3.22. The number of aryl methyl sites for hydroxylation is 1. The lowest BCUT2D eigenvalue weighted by Crippen LogP contribution is -2.30. The van der Waals surface area contributed by atoms with Crippen LogP contribution in [0.4, 0.5) is 11.4 Å². The second-order valence-corrected chi connectivity index (χ2v) is 6.15. The van der Waals surface area contributed by atoms with E-state index < -0.39 is 16.7 Å². The van der Waals surface area contributed by atoms with Gasteiger partial charge in [0.15, 0.2) is 0 Å². The maximum atomic E-state index is 12.7. The lowest BCUT2D eigenvalue weighted by molar-refractivity contribution is -0.384. The summed E-state index contributed by atoms with van der Waals surface area (Å²) in [6.45, 7) is 1.93. The summed E-state index contributed by atoms with van der Waals surface area (Å²) in [7, 11) is 0. The lowest BCUT2D eigenvalue weighted by Gasteiger charge is -2.11. The number of non-ortho nitro benzene ring substituents is 1.